The van der Waals surface area contributed by atoms with Crippen molar-refractivity contribution in [2.45, 2.75) is 0 Å². The minimum absolute atomic E-state index is 0.424. The van der Waals surface area contributed by atoms with E-state index in [1.165, 1.54) is 6.07 Å². The Hall–Kier alpha value is -2.11. The number of aromatic amines is 2. The third kappa shape index (κ3) is 1.49. The molecule has 0 bridgehead atoms. The standard InChI is InChI=1S/C8H8N4O2/c1-12-4-5(3-9-12)6-2-7(13)11-8(14)10-6/h2-4H,1H3,(H2,10,11,13,14). The molecular formula is C8H8N4O2. The van der Waals surface area contributed by atoms with Gasteiger partial charge in [0, 0.05) is 24.9 Å². The normalized spacial score (nSPS) is 10.4. The summed E-state index contributed by atoms with van der Waals surface area (Å²) < 4.78 is 1.59. The van der Waals surface area contributed by atoms with Crippen molar-refractivity contribution in [2.24, 2.45) is 7.05 Å². The second-order valence-corrected chi connectivity index (χ2v) is 2.90. The van der Waals surface area contributed by atoms with E-state index in [-0.39, 0.29) is 0 Å². The fourth-order valence-electron chi connectivity index (χ4n) is 1.18. The highest BCUT2D eigenvalue weighted by Gasteiger charge is 2.01. The maximum atomic E-state index is 11.0. The molecule has 0 saturated carbocycles. The molecule has 0 aliphatic rings. The summed E-state index contributed by atoms with van der Waals surface area (Å²) in [5.41, 5.74) is 0.228. The van der Waals surface area contributed by atoms with Gasteiger partial charge in [-0.3, -0.25) is 14.5 Å². The van der Waals surface area contributed by atoms with E-state index >= 15 is 0 Å². The summed E-state index contributed by atoms with van der Waals surface area (Å²) in [4.78, 5) is 26.5. The van der Waals surface area contributed by atoms with Gasteiger partial charge >= 0.3 is 5.69 Å². The molecule has 2 heterocycles. The first-order valence-electron chi connectivity index (χ1n) is 3.98. The van der Waals surface area contributed by atoms with Crippen LogP contribution in [-0.2, 0) is 7.05 Å². The maximum Gasteiger partial charge on any atom is 0.326 e. The Bertz CT molecular complexity index is 535. The Balaban J connectivity index is 2.62. The topological polar surface area (TPSA) is 83.5 Å². The molecule has 0 radical (unpaired) electrons. The largest absolute Gasteiger partial charge is 0.326 e. The van der Waals surface area contributed by atoms with Crippen LogP contribution in [0.3, 0.4) is 0 Å². The number of hydrogen-bond acceptors (Lipinski definition) is 3. The van der Waals surface area contributed by atoms with Crippen LogP contribution in [0.2, 0.25) is 0 Å². The average molecular weight is 192 g/mol. The van der Waals surface area contributed by atoms with Crippen molar-refractivity contribution in [1.82, 2.24) is 19.7 Å². The van der Waals surface area contributed by atoms with Gasteiger partial charge in [0.05, 0.1) is 11.9 Å². The maximum absolute atomic E-state index is 11.0. The minimum Gasteiger partial charge on any atom is -0.307 e. The molecule has 0 aliphatic heterocycles. The third-order valence-corrected chi connectivity index (χ3v) is 1.78. The summed E-state index contributed by atoms with van der Waals surface area (Å²) in [5, 5.41) is 3.93. The summed E-state index contributed by atoms with van der Waals surface area (Å²) >= 11 is 0. The zero-order chi connectivity index (χ0) is 10.1. The summed E-state index contributed by atoms with van der Waals surface area (Å²) in [7, 11) is 1.76. The predicted octanol–water partition coefficient (Wildman–Crippen LogP) is -0.536. The molecule has 0 aliphatic carbocycles. The van der Waals surface area contributed by atoms with Crippen LogP contribution < -0.4 is 11.2 Å². The number of hydrogen-bond donors (Lipinski definition) is 2. The van der Waals surface area contributed by atoms with Crippen molar-refractivity contribution in [3.63, 3.8) is 0 Å². The minimum atomic E-state index is -0.517. The SMILES string of the molecule is Cn1cc(-c2cc(=O)[nH]c(=O)[nH]2)cn1. The lowest BCUT2D eigenvalue weighted by molar-refractivity contribution is 0.768. The molecule has 2 aromatic heterocycles. The van der Waals surface area contributed by atoms with Crippen LogP contribution in [0.4, 0.5) is 0 Å². The van der Waals surface area contributed by atoms with Gasteiger partial charge in [0.2, 0.25) is 0 Å². The second-order valence-electron chi connectivity index (χ2n) is 2.90. The van der Waals surface area contributed by atoms with Gasteiger partial charge in [-0.15, -0.1) is 0 Å². The molecule has 2 N–H and O–H groups in total. The van der Waals surface area contributed by atoms with Gasteiger partial charge in [-0.25, -0.2) is 4.79 Å². The molecule has 0 spiro atoms. The zero-order valence-corrected chi connectivity index (χ0v) is 7.44. The van der Waals surface area contributed by atoms with Crippen LogP contribution in [0.15, 0.2) is 28.0 Å². The van der Waals surface area contributed by atoms with Gasteiger partial charge in [0.25, 0.3) is 5.56 Å². The van der Waals surface area contributed by atoms with E-state index in [2.05, 4.69) is 15.1 Å². The molecule has 0 saturated heterocycles. The number of aryl methyl sites for hydroxylation is 1. The Labute approximate surface area is 78.2 Å². The molecule has 2 rings (SSSR count). The summed E-state index contributed by atoms with van der Waals surface area (Å²) in [5.74, 6) is 0. The number of nitrogens with zero attached hydrogens (tertiary/aromatic N) is 2. The van der Waals surface area contributed by atoms with Crippen molar-refractivity contribution in [1.29, 1.82) is 0 Å². The highest BCUT2D eigenvalue weighted by Crippen LogP contribution is 2.10. The van der Waals surface area contributed by atoms with Gasteiger partial charge in [0.15, 0.2) is 0 Å². The molecule has 6 nitrogen and oxygen atoms in total. The highest BCUT2D eigenvalue weighted by molar-refractivity contribution is 5.55. The van der Waals surface area contributed by atoms with Crippen molar-refractivity contribution in [3.05, 3.63) is 39.3 Å². The molecule has 72 valence electrons. The number of nitrogens with one attached hydrogen (secondary N) is 2. The van der Waals surface area contributed by atoms with Gasteiger partial charge in [0.1, 0.15) is 0 Å². The number of rotatable bonds is 1. The second kappa shape index (κ2) is 2.99. The van der Waals surface area contributed by atoms with E-state index in [0.717, 1.165) is 0 Å². The van der Waals surface area contributed by atoms with E-state index in [9.17, 15) is 9.59 Å². The van der Waals surface area contributed by atoms with Crippen LogP contribution in [0.25, 0.3) is 11.3 Å². The molecule has 14 heavy (non-hydrogen) atoms. The quantitative estimate of drug-likeness (QED) is 0.636. The highest BCUT2D eigenvalue weighted by atomic mass is 16.2. The molecule has 0 atom stereocenters. The summed E-state index contributed by atoms with van der Waals surface area (Å²) in [6, 6.07) is 1.32. The van der Waals surface area contributed by atoms with Crippen molar-refractivity contribution in [3.8, 4) is 11.3 Å². The lowest BCUT2D eigenvalue weighted by Crippen LogP contribution is -2.21. The van der Waals surface area contributed by atoms with Crippen molar-refractivity contribution >= 4 is 0 Å². The Morgan fingerprint density at radius 2 is 2.14 bits per heavy atom. The third-order valence-electron chi connectivity index (χ3n) is 1.78. The average Bonchev–Trinajstić information content (AvgIpc) is 2.50. The molecule has 0 fully saturated rings. The summed E-state index contributed by atoms with van der Waals surface area (Å²) in [6.45, 7) is 0. The zero-order valence-electron chi connectivity index (χ0n) is 7.44. The van der Waals surface area contributed by atoms with Gasteiger partial charge in [-0.2, -0.15) is 5.10 Å². The summed E-state index contributed by atoms with van der Waals surface area (Å²) in [6.07, 6.45) is 3.29. The molecule has 0 amide bonds. The van der Waals surface area contributed by atoms with Crippen LogP contribution >= 0.6 is 0 Å². The lowest BCUT2D eigenvalue weighted by atomic mass is 10.2. The monoisotopic (exact) mass is 192 g/mol. The van der Waals surface area contributed by atoms with Crippen LogP contribution in [-0.4, -0.2) is 19.7 Å². The van der Waals surface area contributed by atoms with E-state index in [4.69, 9.17) is 0 Å². The molecule has 0 aromatic carbocycles. The smallest absolute Gasteiger partial charge is 0.307 e. The Morgan fingerprint density at radius 1 is 1.36 bits per heavy atom. The molecule has 0 unspecified atom stereocenters. The first-order chi connectivity index (χ1) is 6.65. The number of H-pyrrole nitrogens is 2. The van der Waals surface area contributed by atoms with Crippen LogP contribution in [0.5, 0.6) is 0 Å². The predicted molar refractivity (Wildman–Crippen MR) is 49.9 cm³/mol. The fraction of sp³-hybridized carbons (Fsp3) is 0.125. The van der Waals surface area contributed by atoms with Gasteiger partial charge in [-0.1, -0.05) is 0 Å². The first kappa shape index (κ1) is 8.49. The van der Waals surface area contributed by atoms with E-state index in [1.54, 1.807) is 24.1 Å². The van der Waals surface area contributed by atoms with Crippen molar-refractivity contribution < 1.29 is 0 Å². The Morgan fingerprint density at radius 3 is 2.71 bits per heavy atom. The van der Waals surface area contributed by atoms with E-state index in [1.807, 2.05) is 0 Å². The van der Waals surface area contributed by atoms with Crippen LogP contribution in [0, 0.1) is 0 Å². The molecular weight excluding hydrogens is 184 g/mol. The Kier molecular flexibility index (Phi) is 1.81. The van der Waals surface area contributed by atoms with Gasteiger partial charge < -0.3 is 4.98 Å². The fourth-order valence-corrected chi connectivity index (χ4v) is 1.18. The van der Waals surface area contributed by atoms with E-state index < -0.39 is 11.2 Å². The first-order valence-corrected chi connectivity index (χ1v) is 3.98. The van der Waals surface area contributed by atoms with Crippen LogP contribution in [0.1, 0.15) is 0 Å². The van der Waals surface area contributed by atoms with Crippen molar-refractivity contribution in [2.75, 3.05) is 0 Å². The lowest BCUT2D eigenvalue weighted by Gasteiger charge is -1.93. The van der Waals surface area contributed by atoms with Gasteiger partial charge in [-0.05, 0) is 0 Å². The van der Waals surface area contributed by atoms with E-state index in [0.29, 0.717) is 11.3 Å². The number of aromatic nitrogens is 4. The molecule has 6 heteroatoms. The molecule has 2 aromatic rings.